The molecule has 0 N–H and O–H groups in total. The van der Waals surface area contributed by atoms with E-state index in [1.165, 1.54) is 0 Å². The van der Waals surface area contributed by atoms with Crippen molar-refractivity contribution in [2.24, 2.45) is 0 Å². The zero-order chi connectivity index (χ0) is 16.6. The summed E-state index contributed by atoms with van der Waals surface area (Å²) in [5.41, 5.74) is -0.802. The molecular weight excluding hydrogens is 306 g/mol. The van der Waals surface area contributed by atoms with Crippen LogP contribution in [0.1, 0.15) is 32.3 Å². The molecule has 1 aromatic carbocycles. The van der Waals surface area contributed by atoms with Crippen LogP contribution in [0, 0.1) is 11.3 Å². The molecule has 0 atom stereocenters. The van der Waals surface area contributed by atoms with E-state index in [4.69, 9.17) is 21.1 Å². The number of ether oxygens (including phenoxy) is 2. The molecule has 0 spiro atoms. The van der Waals surface area contributed by atoms with E-state index in [1.807, 2.05) is 0 Å². The third-order valence-electron chi connectivity index (χ3n) is 3.11. The smallest absolute Gasteiger partial charge is 0.307 e. The van der Waals surface area contributed by atoms with E-state index in [-0.39, 0.29) is 26.1 Å². The van der Waals surface area contributed by atoms with Gasteiger partial charge in [0.2, 0.25) is 0 Å². The van der Waals surface area contributed by atoms with E-state index in [0.717, 1.165) is 0 Å². The summed E-state index contributed by atoms with van der Waals surface area (Å²) in [7, 11) is 0. The molecule has 0 aliphatic heterocycles. The van der Waals surface area contributed by atoms with E-state index in [2.05, 4.69) is 6.07 Å². The van der Waals surface area contributed by atoms with Gasteiger partial charge in [0.05, 0.1) is 32.1 Å². The zero-order valence-corrected chi connectivity index (χ0v) is 13.4. The van der Waals surface area contributed by atoms with Gasteiger partial charge in [-0.1, -0.05) is 23.7 Å². The topological polar surface area (TPSA) is 76.4 Å². The van der Waals surface area contributed by atoms with Gasteiger partial charge in [-0.05, 0) is 31.5 Å². The minimum absolute atomic E-state index is 0.209. The quantitative estimate of drug-likeness (QED) is 0.721. The number of hydrogen-bond acceptors (Lipinski definition) is 5. The molecule has 0 amide bonds. The van der Waals surface area contributed by atoms with Crippen molar-refractivity contribution in [3.63, 3.8) is 0 Å². The fourth-order valence-electron chi connectivity index (χ4n) is 2.10. The van der Waals surface area contributed by atoms with Gasteiger partial charge in [0.1, 0.15) is 5.41 Å². The molecular formula is C16H18ClNO4. The van der Waals surface area contributed by atoms with Crippen molar-refractivity contribution >= 4 is 23.5 Å². The first-order chi connectivity index (χ1) is 10.5. The Labute approximate surface area is 134 Å². The van der Waals surface area contributed by atoms with Crippen LogP contribution >= 0.6 is 11.6 Å². The van der Waals surface area contributed by atoms with Crippen molar-refractivity contribution in [1.82, 2.24) is 0 Å². The maximum atomic E-state index is 11.8. The van der Waals surface area contributed by atoms with E-state index < -0.39 is 17.4 Å². The number of esters is 2. The zero-order valence-electron chi connectivity index (χ0n) is 12.6. The van der Waals surface area contributed by atoms with Gasteiger partial charge >= 0.3 is 11.9 Å². The van der Waals surface area contributed by atoms with Gasteiger partial charge in [0.15, 0.2) is 0 Å². The Morgan fingerprint density at radius 2 is 1.55 bits per heavy atom. The first-order valence-electron chi connectivity index (χ1n) is 6.96. The Balaban J connectivity index is 3.16. The van der Waals surface area contributed by atoms with Crippen molar-refractivity contribution in [3.8, 4) is 6.07 Å². The van der Waals surface area contributed by atoms with E-state index >= 15 is 0 Å². The predicted octanol–water partition coefficient (Wildman–Crippen LogP) is 3.01. The van der Waals surface area contributed by atoms with Crippen molar-refractivity contribution in [2.75, 3.05) is 13.2 Å². The van der Waals surface area contributed by atoms with E-state index in [9.17, 15) is 14.9 Å². The second-order valence-corrected chi connectivity index (χ2v) is 5.10. The van der Waals surface area contributed by atoms with Crippen LogP contribution in [0.5, 0.6) is 0 Å². The molecule has 0 unspecified atom stereocenters. The minimum Gasteiger partial charge on any atom is -0.466 e. The fraction of sp³-hybridized carbons (Fsp3) is 0.438. The molecule has 1 aromatic rings. The lowest BCUT2D eigenvalue weighted by Crippen LogP contribution is -2.32. The molecule has 0 saturated carbocycles. The van der Waals surface area contributed by atoms with Gasteiger partial charge < -0.3 is 9.47 Å². The lowest BCUT2D eigenvalue weighted by Gasteiger charge is -2.25. The number of benzene rings is 1. The van der Waals surface area contributed by atoms with Gasteiger partial charge in [0, 0.05) is 5.02 Å². The van der Waals surface area contributed by atoms with Gasteiger partial charge in [-0.15, -0.1) is 0 Å². The first kappa shape index (κ1) is 18.0. The Bertz CT molecular complexity index is 543. The van der Waals surface area contributed by atoms with Crippen LogP contribution < -0.4 is 0 Å². The number of halogens is 1. The molecule has 0 aliphatic rings. The second-order valence-electron chi connectivity index (χ2n) is 4.66. The number of nitrogens with zero attached hydrogens (tertiary/aromatic N) is 1. The molecule has 1 rings (SSSR count). The van der Waals surface area contributed by atoms with Gasteiger partial charge in [0.25, 0.3) is 0 Å². The number of nitriles is 1. The maximum Gasteiger partial charge on any atom is 0.307 e. The van der Waals surface area contributed by atoms with Gasteiger partial charge in [-0.25, -0.2) is 0 Å². The van der Waals surface area contributed by atoms with Crippen molar-refractivity contribution < 1.29 is 19.1 Å². The number of rotatable bonds is 7. The molecule has 0 saturated heterocycles. The summed E-state index contributed by atoms with van der Waals surface area (Å²) < 4.78 is 9.84. The van der Waals surface area contributed by atoms with Crippen molar-refractivity contribution in [1.29, 1.82) is 5.26 Å². The first-order valence-corrected chi connectivity index (χ1v) is 7.33. The number of carbonyl (C=O) groups excluding carboxylic acids is 2. The number of hydrogen-bond donors (Lipinski definition) is 0. The predicted molar refractivity (Wildman–Crippen MR) is 81.2 cm³/mol. The Kier molecular flexibility index (Phi) is 6.87. The van der Waals surface area contributed by atoms with Crippen LogP contribution in [-0.4, -0.2) is 25.2 Å². The summed E-state index contributed by atoms with van der Waals surface area (Å²) in [6, 6.07) is 8.56. The van der Waals surface area contributed by atoms with Crippen molar-refractivity contribution in [2.45, 2.75) is 32.1 Å². The minimum atomic E-state index is -1.33. The standard InChI is InChI=1S/C16H18ClNO4/c1-3-21-14(19)9-16(11-18,10-15(20)22-4-2)12-5-7-13(17)8-6-12/h5-8H,3-4,9-10H2,1-2H3. The summed E-state index contributed by atoms with van der Waals surface area (Å²) in [6.45, 7) is 3.78. The third kappa shape index (κ3) is 4.74. The summed E-state index contributed by atoms with van der Waals surface area (Å²) in [4.78, 5) is 23.7. The molecule has 0 aliphatic carbocycles. The summed E-state index contributed by atoms with van der Waals surface area (Å²) in [6.07, 6.45) is -0.449. The summed E-state index contributed by atoms with van der Waals surface area (Å²) >= 11 is 5.85. The molecule has 118 valence electrons. The van der Waals surface area contributed by atoms with Crippen LogP contribution in [-0.2, 0) is 24.5 Å². The highest BCUT2D eigenvalue weighted by molar-refractivity contribution is 6.30. The lowest BCUT2D eigenvalue weighted by molar-refractivity contribution is -0.146. The highest BCUT2D eigenvalue weighted by atomic mass is 35.5. The Morgan fingerprint density at radius 3 is 1.91 bits per heavy atom. The van der Waals surface area contributed by atoms with Crippen molar-refractivity contribution in [3.05, 3.63) is 34.9 Å². The normalized spacial score (nSPS) is 10.6. The molecule has 5 nitrogen and oxygen atoms in total. The average molecular weight is 324 g/mol. The highest BCUT2D eigenvalue weighted by Crippen LogP contribution is 2.33. The summed E-state index contributed by atoms with van der Waals surface area (Å²) in [5.74, 6) is -1.08. The molecule has 0 radical (unpaired) electrons. The van der Waals surface area contributed by atoms with Crippen LogP contribution in [0.25, 0.3) is 0 Å². The molecule has 0 fully saturated rings. The van der Waals surface area contributed by atoms with Crippen LogP contribution in [0.4, 0.5) is 0 Å². The second kappa shape index (κ2) is 8.40. The van der Waals surface area contributed by atoms with Gasteiger partial charge in [-0.2, -0.15) is 5.26 Å². The monoisotopic (exact) mass is 323 g/mol. The van der Waals surface area contributed by atoms with E-state index in [0.29, 0.717) is 10.6 Å². The number of carbonyl (C=O) groups is 2. The molecule has 22 heavy (non-hydrogen) atoms. The molecule has 0 bridgehead atoms. The van der Waals surface area contributed by atoms with Crippen LogP contribution in [0.15, 0.2) is 24.3 Å². The largest absolute Gasteiger partial charge is 0.466 e. The molecule has 6 heteroatoms. The maximum absolute atomic E-state index is 11.8. The highest BCUT2D eigenvalue weighted by Gasteiger charge is 2.38. The third-order valence-corrected chi connectivity index (χ3v) is 3.37. The molecule has 0 aromatic heterocycles. The average Bonchev–Trinajstić information content (AvgIpc) is 2.47. The Morgan fingerprint density at radius 1 is 1.09 bits per heavy atom. The Hall–Kier alpha value is -2.06. The van der Waals surface area contributed by atoms with Crippen LogP contribution in [0.2, 0.25) is 5.02 Å². The fourth-order valence-corrected chi connectivity index (χ4v) is 2.22. The SMILES string of the molecule is CCOC(=O)CC(C#N)(CC(=O)OCC)c1ccc(Cl)cc1. The molecule has 0 heterocycles. The summed E-state index contributed by atoms with van der Waals surface area (Å²) in [5, 5.41) is 10.1. The van der Waals surface area contributed by atoms with E-state index in [1.54, 1.807) is 38.1 Å². The van der Waals surface area contributed by atoms with Gasteiger partial charge in [-0.3, -0.25) is 9.59 Å². The lowest BCUT2D eigenvalue weighted by atomic mass is 9.76. The van der Waals surface area contributed by atoms with Crippen LogP contribution in [0.3, 0.4) is 0 Å².